The summed E-state index contributed by atoms with van der Waals surface area (Å²) in [6, 6.07) is 20.0. The van der Waals surface area contributed by atoms with Gasteiger partial charge >= 0.3 is 5.97 Å². The zero-order chi connectivity index (χ0) is 20.7. The molecule has 1 aliphatic carbocycles. The molecule has 6 heteroatoms. The van der Waals surface area contributed by atoms with Crippen LogP contribution in [0.4, 0.5) is 11.5 Å². The first-order chi connectivity index (χ1) is 14.6. The van der Waals surface area contributed by atoms with Gasteiger partial charge in [0.05, 0.1) is 5.52 Å². The van der Waals surface area contributed by atoms with E-state index in [4.69, 9.17) is 0 Å². The Morgan fingerprint density at radius 1 is 1.03 bits per heavy atom. The summed E-state index contributed by atoms with van der Waals surface area (Å²) in [5, 5.41) is 13.6. The van der Waals surface area contributed by atoms with Crippen LogP contribution in [0, 0.1) is 0 Å². The van der Waals surface area contributed by atoms with Crippen LogP contribution in [-0.4, -0.2) is 20.6 Å². The van der Waals surface area contributed by atoms with Crippen molar-refractivity contribution in [2.24, 2.45) is 0 Å². The minimum absolute atomic E-state index is 0.111. The number of para-hydroxylation sites is 1. The van der Waals surface area contributed by atoms with E-state index in [-0.39, 0.29) is 11.1 Å². The van der Waals surface area contributed by atoms with E-state index in [0.717, 1.165) is 35.0 Å². The van der Waals surface area contributed by atoms with E-state index >= 15 is 0 Å². The van der Waals surface area contributed by atoms with Crippen LogP contribution < -0.4 is 10.9 Å². The molecule has 0 radical (unpaired) electrons. The predicted molar refractivity (Wildman–Crippen MR) is 116 cm³/mol. The number of fused-ring (bicyclic) bond motifs is 1. The number of aromatic nitrogens is 2. The van der Waals surface area contributed by atoms with Crippen LogP contribution in [-0.2, 0) is 0 Å². The molecule has 0 spiro atoms. The second kappa shape index (κ2) is 7.15. The first-order valence-electron chi connectivity index (χ1n) is 9.82. The van der Waals surface area contributed by atoms with Gasteiger partial charge in [-0.15, -0.1) is 0 Å². The van der Waals surface area contributed by atoms with Gasteiger partial charge < -0.3 is 10.4 Å². The van der Waals surface area contributed by atoms with Crippen LogP contribution in [0.1, 0.15) is 34.7 Å². The van der Waals surface area contributed by atoms with Gasteiger partial charge in [0.1, 0.15) is 11.4 Å². The van der Waals surface area contributed by atoms with E-state index in [1.54, 1.807) is 22.9 Å². The van der Waals surface area contributed by atoms with Crippen molar-refractivity contribution in [3.05, 3.63) is 94.4 Å². The lowest BCUT2D eigenvalue weighted by Gasteiger charge is -2.13. The summed E-state index contributed by atoms with van der Waals surface area (Å²) >= 11 is 0. The Morgan fingerprint density at radius 2 is 1.83 bits per heavy atom. The summed E-state index contributed by atoms with van der Waals surface area (Å²) in [6.45, 7) is 0. The van der Waals surface area contributed by atoms with Gasteiger partial charge in [-0.1, -0.05) is 18.2 Å². The average molecular weight is 397 g/mol. The van der Waals surface area contributed by atoms with Gasteiger partial charge in [0, 0.05) is 29.0 Å². The second-order valence-corrected chi connectivity index (χ2v) is 7.49. The minimum Gasteiger partial charge on any atom is -0.478 e. The Hall–Kier alpha value is -3.93. The normalized spacial score (nSPS) is 13.3. The van der Waals surface area contributed by atoms with Crippen molar-refractivity contribution in [3.63, 3.8) is 0 Å². The van der Waals surface area contributed by atoms with E-state index in [9.17, 15) is 14.7 Å². The Balaban J connectivity index is 1.55. The number of carbonyl (C=O) groups is 1. The van der Waals surface area contributed by atoms with Crippen molar-refractivity contribution in [1.29, 1.82) is 0 Å². The van der Waals surface area contributed by atoms with Crippen LogP contribution in [0.5, 0.6) is 0 Å². The number of anilines is 2. The number of hydrogen-bond donors (Lipinski definition) is 2. The Kier molecular flexibility index (Phi) is 4.32. The summed E-state index contributed by atoms with van der Waals surface area (Å²) in [5.74, 6) is -0.270. The van der Waals surface area contributed by atoms with Gasteiger partial charge in [0.2, 0.25) is 0 Å². The molecule has 1 fully saturated rings. The lowest BCUT2D eigenvalue weighted by molar-refractivity contribution is 0.0697. The van der Waals surface area contributed by atoms with Crippen LogP contribution in [0.3, 0.4) is 0 Å². The highest BCUT2D eigenvalue weighted by molar-refractivity contribution is 5.95. The highest BCUT2D eigenvalue weighted by atomic mass is 16.4. The molecular formula is C24H19N3O3. The summed E-state index contributed by atoms with van der Waals surface area (Å²) in [7, 11) is 0. The molecule has 0 bridgehead atoms. The SMILES string of the molecule is O=C(O)c1cc(C2CC2)cnc1Nc1ccc2c(ccc(=O)n2-c2ccccc2)c1. The van der Waals surface area contributed by atoms with Crippen molar-refractivity contribution in [2.75, 3.05) is 5.32 Å². The standard InChI is InChI=1S/C24H19N3O3/c28-22-11-8-16-12-18(9-10-21(16)27(22)19-4-2-1-3-5-19)26-23-20(24(29)30)13-17(14-25-23)15-6-7-15/h1-5,8-15H,6-7H2,(H,25,26)(H,29,30). The molecule has 0 aliphatic heterocycles. The third kappa shape index (κ3) is 3.33. The van der Waals surface area contributed by atoms with Gasteiger partial charge in [-0.3, -0.25) is 9.36 Å². The maximum Gasteiger partial charge on any atom is 0.339 e. The molecular weight excluding hydrogens is 378 g/mol. The summed E-state index contributed by atoms with van der Waals surface area (Å²) in [6.07, 6.45) is 3.92. The molecule has 0 atom stereocenters. The molecule has 30 heavy (non-hydrogen) atoms. The predicted octanol–water partition coefficient (Wildman–Crippen LogP) is 4.70. The van der Waals surface area contributed by atoms with Crippen LogP contribution >= 0.6 is 0 Å². The monoisotopic (exact) mass is 397 g/mol. The van der Waals surface area contributed by atoms with Crippen molar-refractivity contribution in [1.82, 2.24) is 9.55 Å². The van der Waals surface area contributed by atoms with Gasteiger partial charge in [0.15, 0.2) is 0 Å². The molecule has 2 N–H and O–H groups in total. The molecule has 6 nitrogen and oxygen atoms in total. The van der Waals surface area contributed by atoms with E-state index in [1.165, 1.54) is 6.07 Å². The van der Waals surface area contributed by atoms with Gasteiger partial charge in [-0.2, -0.15) is 0 Å². The summed E-state index contributed by atoms with van der Waals surface area (Å²) in [5.41, 5.74) is 3.29. The molecule has 2 aromatic carbocycles. The van der Waals surface area contributed by atoms with Crippen LogP contribution in [0.25, 0.3) is 16.6 Å². The summed E-state index contributed by atoms with van der Waals surface area (Å²) in [4.78, 5) is 28.6. The van der Waals surface area contributed by atoms with Crippen molar-refractivity contribution in [2.45, 2.75) is 18.8 Å². The zero-order valence-electron chi connectivity index (χ0n) is 16.1. The molecule has 0 amide bonds. The van der Waals surface area contributed by atoms with Crippen LogP contribution in [0.2, 0.25) is 0 Å². The Morgan fingerprint density at radius 3 is 2.57 bits per heavy atom. The lowest BCUT2D eigenvalue weighted by Crippen LogP contribution is -2.17. The molecule has 1 saturated carbocycles. The third-order valence-electron chi connectivity index (χ3n) is 5.36. The van der Waals surface area contributed by atoms with Crippen molar-refractivity contribution < 1.29 is 9.90 Å². The van der Waals surface area contributed by atoms with Crippen LogP contribution in [0.15, 0.2) is 77.7 Å². The number of carboxylic acids is 1. The summed E-state index contributed by atoms with van der Waals surface area (Å²) < 4.78 is 1.66. The number of pyridine rings is 2. The fourth-order valence-electron chi connectivity index (χ4n) is 3.69. The van der Waals surface area contributed by atoms with Gasteiger partial charge in [-0.05, 0) is 66.8 Å². The Bertz CT molecular complexity index is 1320. The largest absolute Gasteiger partial charge is 0.478 e. The van der Waals surface area contributed by atoms with E-state index in [0.29, 0.717) is 17.4 Å². The highest BCUT2D eigenvalue weighted by Crippen LogP contribution is 2.40. The zero-order valence-corrected chi connectivity index (χ0v) is 16.1. The number of nitrogens with zero attached hydrogens (tertiary/aromatic N) is 2. The van der Waals surface area contributed by atoms with E-state index in [1.807, 2.05) is 48.5 Å². The number of hydrogen-bond acceptors (Lipinski definition) is 4. The van der Waals surface area contributed by atoms with E-state index in [2.05, 4.69) is 10.3 Å². The highest BCUT2D eigenvalue weighted by Gasteiger charge is 2.26. The Labute approximate surface area is 172 Å². The first-order valence-corrected chi connectivity index (χ1v) is 9.82. The topological polar surface area (TPSA) is 84.2 Å². The van der Waals surface area contributed by atoms with Crippen molar-refractivity contribution >= 4 is 28.4 Å². The lowest BCUT2D eigenvalue weighted by atomic mass is 10.1. The maximum atomic E-state index is 12.5. The fraction of sp³-hybridized carbons (Fsp3) is 0.125. The number of aromatic carboxylic acids is 1. The molecule has 5 rings (SSSR count). The number of nitrogens with one attached hydrogen (secondary N) is 1. The molecule has 4 aromatic rings. The van der Waals surface area contributed by atoms with Gasteiger partial charge in [0.25, 0.3) is 5.56 Å². The molecule has 0 unspecified atom stereocenters. The van der Waals surface area contributed by atoms with E-state index < -0.39 is 5.97 Å². The number of benzene rings is 2. The smallest absolute Gasteiger partial charge is 0.339 e. The maximum absolute atomic E-state index is 12.5. The quantitative estimate of drug-likeness (QED) is 0.510. The van der Waals surface area contributed by atoms with Crippen molar-refractivity contribution in [3.8, 4) is 5.69 Å². The fourth-order valence-corrected chi connectivity index (χ4v) is 3.69. The number of carboxylic acid groups (broad SMARTS) is 1. The average Bonchev–Trinajstić information content (AvgIpc) is 3.60. The molecule has 1 aliphatic rings. The molecule has 2 aromatic heterocycles. The molecule has 148 valence electrons. The third-order valence-corrected chi connectivity index (χ3v) is 5.36. The molecule has 0 saturated heterocycles. The van der Waals surface area contributed by atoms with Gasteiger partial charge in [-0.25, -0.2) is 9.78 Å². The second-order valence-electron chi connectivity index (χ2n) is 7.49. The number of rotatable bonds is 5. The minimum atomic E-state index is -1.01. The first kappa shape index (κ1) is 18.1. The molecule has 2 heterocycles.